The normalized spacial score (nSPS) is 10.4. The average molecular weight is 587 g/mol. The van der Waals surface area contributed by atoms with Gasteiger partial charge in [0.1, 0.15) is 23.0 Å². The quantitative estimate of drug-likeness (QED) is 0.160. The topological polar surface area (TPSA) is 117 Å². The number of hydrogen-bond acceptors (Lipinski definition) is 6. The van der Waals surface area contributed by atoms with E-state index in [1.807, 2.05) is 48.5 Å². The smallest absolute Gasteiger partial charge is 0.259 e. The van der Waals surface area contributed by atoms with E-state index in [9.17, 15) is 19.8 Å². The van der Waals surface area contributed by atoms with E-state index in [4.69, 9.17) is 9.47 Å². The highest BCUT2D eigenvalue weighted by Crippen LogP contribution is 2.28. The van der Waals surface area contributed by atoms with Crippen molar-refractivity contribution >= 4 is 44.7 Å². The Kier molecular flexibility index (Phi) is 8.91. The Balaban J connectivity index is 0.000000175. The zero-order valence-corrected chi connectivity index (χ0v) is 24.1. The lowest BCUT2D eigenvalue weighted by atomic mass is 10.1. The van der Waals surface area contributed by atoms with Gasteiger partial charge in [-0.3, -0.25) is 9.59 Å². The van der Waals surface area contributed by atoms with E-state index in [-0.39, 0.29) is 34.4 Å². The summed E-state index contributed by atoms with van der Waals surface area (Å²) in [5.74, 6) is 0.570. The molecule has 0 unspecified atom stereocenters. The molecule has 0 aliphatic carbocycles. The summed E-state index contributed by atoms with van der Waals surface area (Å²) in [6, 6.07) is 35.8. The van der Waals surface area contributed by atoms with Gasteiger partial charge in [-0.25, -0.2) is 0 Å². The van der Waals surface area contributed by atoms with E-state index in [1.165, 1.54) is 0 Å². The molecule has 6 aromatic carbocycles. The number of fused-ring (bicyclic) bond motifs is 2. The lowest BCUT2D eigenvalue weighted by molar-refractivity contribution is 0.101. The number of carbonyl (C=O) groups excluding carboxylic acids is 2. The third-order valence-corrected chi connectivity index (χ3v) is 6.89. The highest BCUT2D eigenvalue weighted by molar-refractivity contribution is 6.09. The molecule has 6 rings (SSSR count). The first-order valence-corrected chi connectivity index (χ1v) is 13.7. The fraction of sp³-hybridized carbons (Fsp3) is 0.0556. The van der Waals surface area contributed by atoms with Gasteiger partial charge in [-0.05, 0) is 82.2 Å². The SMILES string of the molecule is COc1ccc(NC(=O)c2cc3ccccc3cc2O)cc1.COc1cccc(NC(=O)c2cc3ccccc3cc2O)c1. The molecule has 0 saturated heterocycles. The standard InChI is InChI=1S/2C18H15NO3/c1-22-15-8-4-7-14(11-15)19-18(21)16-9-12-5-2-3-6-13(12)10-17(16)20;1-22-15-8-6-14(7-9-15)19-18(21)16-10-12-4-2-3-5-13(12)11-17(16)20/h2*2-11,20H,1H3,(H,19,21). The first-order chi connectivity index (χ1) is 21.3. The van der Waals surface area contributed by atoms with Crippen molar-refractivity contribution in [3.63, 3.8) is 0 Å². The largest absolute Gasteiger partial charge is 0.507 e. The van der Waals surface area contributed by atoms with Crippen LogP contribution in [-0.2, 0) is 0 Å². The van der Waals surface area contributed by atoms with Crippen LogP contribution in [0.2, 0.25) is 0 Å². The zero-order valence-electron chi connectivity index (χ0n) is 24.1. The molecule has 0 atom stereocenters. The number of benzene rings is 6. The van der Waals surface area contributed by atoms with E-state index >= 15 is 0 Å². The van der Waals surface area contributed by atoms with Gasteiger partial charge in [-0.15, -0.1) is 0 Å². The molecule has 0 saturated carbocycles. The predicted molar refractivity (Wildman–Crippen MR) is 173 cm³/mol. The van der Waals surface area contributed by atoms with E-state index in [1.54, 1.807) is 87.0 Å². The molecule has 8 nitrogen and oxygen atoms in total. The van der Waals surface area contributed by atoms with Crippen LogP contribution in [0.1, 0.15) is 20.7 Å². The van der Waals surface area contributed by atoms with Crippen molar-refractivity contribution in [3.8, 4) is 23.0 Å². The molecule has 0 fully saturated rings. The molecule has 220 valence electrons. The molecule has 4 N–H and O–H groups in total. The number of phenols is 2. The number of methoxy groups -OCH3 is 2. The van der Waals surface area contributed by atoms with Gasteiger partial charge in [0.2, 0.25) is 0 Å². The minimum absolute atomic E-state index is 0.0373. The fourth-order valence-corrected chi connectivity index (χ4v) is 4.59. The summed E-state index contributed by atoms with van der Waals surface area (Å²) in [6.07, 6.45) is 0. The van der Waals surface area contributed by atoms with Gasteiger partial charge in [0.05, 0.1) is 25.3 Å². The van der Waals surface area contributed by atoms with E-state index < -0.39 is 0 Å². The lowest BCUT2D eigenvalue weighted by Gasteiger charge is -2.09. The maximum atomic E-state index is 12.4. The second-order valence-electron chi connectivity index (χ2n) is 9.80. The van der Waals surface area contributed by atoms with Crippen LogP contribution < -0.4 is 20.1 Å². The molecule has 0 aromatic heterocycles. The summed E-state index contributed by atoms with van der Waals surface area (Å²) < 4.78 is 10.2. The van der Waals surface area contributed by atoms with Gasteiger partial charge in [0.25, 0.3) is 11.8 Å². The third kappa shape index (κ3) is 6.88. The molecule has 0 radical (unpaired) electrons. The van der Waals surface area contributed by atoms with Crippen molar-refractivity contribution < 1.29 is 29.3 Å². The van der Waals surface area contributed by atoms with Crippen LogP contribution in [0.4, 0.5) is 11.4 Å². The van der Waals surface area contributed by atoms with Crippen LogP contribution in [0.15, 0.2) is 121 Å². The van der Waals surface area contributed by atoms with Crippen molar-refractivity contribution in [1.29, 1.82) is 0 Å². The molecule has 0 aliphatic heterocycles. The summed E-state index contributed by atoms with van der Waals surface area (Å²) in [7, 11) is 3.15. The number of nitrogens with one attached hydrogen (secondary N) is 2. The average Bonchev–Trinajstić information content (AvgIpc) is 3.04. The molecule has 44 heavy (non-hydrogen) atoms. The highest BCUT2D eigenvalue weighted by atomic mass is 16.5. The van der Waals surface area contributed by atoms with E-state index in [0.717, 1.165) is 21.5 Å². The van der Waals surface area contributed by atoms with Gasteiger partial charge < -0.3 is 30.3 Å². The molecule has 2 amide bonds. The van der Waals surface area contributed by atoms with Crippen molar-refractivity contribution in [2.24, 2.45) is 0 Å². The molecule has 0 bridgehead atoms. The van der Waals surface area contributed by atoms with Gasteiger partial charge in [-0.2, -0.15) is 0 Å². The van der Waals surface area contributed by atoms with Crippen LogP contribution in [0.5, 0.6) is 23.0 Å². The zero-order chi connectivity index (χ0) is 31.1. The lowest BCUT2D eigenvalue weighted by Crippen LogP contribution is -2.12. The van der Waals surface area contributed by atoms with Gasteiger partial charge in [-0.1, -0.05) is 54.6 Å². The predicted octanol–water partition coefficient (Wildman–Crippen LogP) is 7.61. The molecule has 8 heteroatoms. The molecular weight excluding hydrogens is 556 g/mol. The molecule has 6 aromatic rings. The second kappa shape index (κ2) is 13.3. The molecule has 0 aliphatic rings. The van der Waals surface area contributed by atoms with Crippen molar-refractivity contribution in [2.45, 2.75) is 0 Å². The number of ether oxygens (including phenoxy) is 2. The van der Waals surface area contributed by atoms with Crippen LogP contribution in [0.3, 0.4) is 0 Å². The Morgan fingerprint density at radius 2 is 0.955 bits per heavy atom. The minimum atomic E-state index is -0.364. The Morgan fingerprint density at radius 3 is 1.43 bits per heavy atom. The number of amides is 2. The minimum Gasteiger partial charge on any atom is -0.507 e. The van der Waals surface area contributed by atoms with Crippen molar-refractivity contribution in [3.05, 3.63) is 132 Å². The van der Waals surface area contributed by atoms with Crippen LogP contribution >= 0.6 is 0 Å². The second-order valence-corrected chi connectivity index (χ2v) is 9.80. The summed E-state index contributed by atoms with van der Waals surface area (Å²) >= 11 is 0. The number of aromatic hydroxyl groups is 2. The monoisotopic (exact) mass is 586 g/mol. The van der Waals surface area contributed by atoms with Crippen molar-refractivity contribution in [1.82, 2.24) is 0 Å². The van der Waals surface area contributed by atoms with Crippen LogP contribution in [0, 0.1) is 0 Å². The summed E-state index contributed by atoms with van der Waals surface area (Å²) in [6.45, 7) is 0. The maximum absolute atomic E-state index is 12.4. The first kappa shape index (κ1) is 29.5. The number of carbonyl (C=O) groups is 2. The Labute approximate surface area is 254 Å². The highest BCUT2D eigenvalue weighted by Gasteiger charge is 2.14. The summed E-state index contributed by atoms with van der Waals surface area (Å²) in [4.78, 5) is 24.7. The van der Waals surface area contributed by atoms with Gasteiger partial charge in [0, 0.05) is 17.4 Å². The number of rotatable bonds is 6. The Hall–Kier alpha value is -6.02. The summed E-state index contributed by atoms with van der Waals surface area (Å²) in [5.41, 5.74) is 1.73. The third-order valence-electron chi connectivity index (χ3n) is 6.89. The van der Waals surface area contributed by atoms with Crippen molar-refractivity contribution in [2.75, 3.05) is 24.9 Å². The number of anilines is 2. The first-order valence-electron chi connectivity index (χ1n) is 13.7. The van der Waals surface area contributed by atoms with Gasteiger partial charge in [0.15, 0.2) is 0 Å². The number of phenolic OH excluding ortho intramolecular Hbond substituents is 2. The van der Waals surface area contributed by atoms with Crippen LogP contribution in [0.25, 0.3) is 21.5 Å². The van der Waals surface area contributed by atoms with Crippen LogP contribution in [-0.4, -0.2) is 36.2 Å². The fourth-order valence-electron chi connectivity index (χ4n) is 4.59. The Morgan fingerprint density at radius 1 is 0.500 bits per heavy atom. The molecular formula is C36H30N2O6. The molecule has 0 spiro atoms. The molecule has 0 heterocycles. The Bertz CT molecular complexity index is 1950. The maximum Gasteiger partial charge on any atom is 0.259 e. The van der Waals surface area contributed by atoms with E-state index in [2.05, 4.69) is 10.6 Å². The van der Waals surface area contributed by atoms with E-state index in [0.29, 0.717) is 22.9 Å². The summed E-state index contributed by atoms with van der Waals surface area (Å²) in [5, 5.41) is 29.2. The van der Waals surface area contributed by atoms with Gasteiger partial charge >= 0.3 is 0 Å². The number of hydrogen-bond donors (Lipinski definition) is 4.